The van der Waals surface area contributed by atoms with E-state index in [4.69, 9.17) is 11.6 Å². The molecule has 0 saturated carbocycles. The molecule has 34 heavy (non-hydrogen) atoms. The Morgan fingerprint density at radius 3 is 2.24 bits per heavy atom. The molecular weight excluding hydrogens is 481 g/mol. The third-order valence-electron chi connectivity index (χ3n) is 5.11. The van der Waals surface area contributed by atoms with Gasteiger partial charge < -0.3 is 5.32 Å². The zero-order valence-electron chi connectivity index (χ0n) is 18.7. The van der Waals surface area contributed by atoms with Gasteiger partial charge in [-0.05, 0) is 61.4 Å². The second-order valence-corrected chi connectivity index (χ2v) is 10.5. The maximum Gasteiger partial charge on any atom is 0.229 e. The first-order valence-corrected chi connectivity index (χ1v) is 12.4. The number of ketones is 1. The molecule has 1 aromatic heterocycles. The average molecular weight is 504 g/mol. The van der Waals surface area contributed by atoms with Crippen molar-refractivity contribution >= 4 is 44.7 Å². The number of nitrogens with one attached hydrogen (secondary N) is 2. The molecule has 0 atom stereocenters. The molecule has 0 bridgehead atoms. The van der Waals surface area contributed by atoms with Crippen molar-refractivity contribution in [1.82, 2.24) is 4.98 Å². The van der Waals surface area contributed by atoms with Crippen molar-refractivity contribution in [3.05, 3.63) is 88.5 Å². The van der Waals surface area contributed by atoms with Crippen LogP contribution in [-0.4, -0.2) is 31.3 Å². The molecule has 0 aliphatic rings. The minimum absolute atomic E-state index is 0.0642. The molecule has 0 fully saturated rings. The molecule has 0 aliphatic carbocycles. The molecule has 178 valence electrons. The maximum atomic E-state index is 13.5. The highest BCUT2D eigenvalue weighted by Crippen LogP contribution is 2.30. The number of anilines is 2. The molecule has 2 aromatic carbocycles. The smallest absolute Gasteiger partial charge is 0.229 e. The predicted octanol–water partition coefficient (Wildman–Crippen LogP) is 4.59. The summed E-state index contributed by atoms with van der Waals surface area (Å²) in [6.07, 6.45) is 2.51. The number of nitrogens with zero attached hydrogens (tertiary/aromatic N) is 1. The summed E-state index contributed by atoms with van der Waals surface area (Å²) in [5.74, 6) is -1.14. The summed E-state index contributed by atoms with van der Waals surface area (Å²) >= 11 is 5.86. The van der Waals surface area contributed by atoms with Crippen molar-refractivity contribution in [2.75, 3.05) is 16.3 Å². The highest BCUT2D eigenvalue weighted by Gasteiger charge is 2.32. The molecule has 1 amide bonds. The number of benzene rings is 2. The molecule has 0 aliphatic heterocycles. The fraction of sp³-hybridized carbons (Fsp3) is 0.208. The molecular formula is C24H23ClFN3O4S. The zero-order chi connectivity index (χ0) is 25.1. The minimum Gasteiger partial charge on any atom is -0.324 e. The maximum absolute atomic E-state index is 13.5. The lowest BCUT2D eigenvalue weighted by Gasteiger charge is -2.23. The number of carbonyl (C=O) groups excluding carboxylic acids is 2. The van der Waals surface area contributed by atoms with Gasteiger partial charge >= 0.3 is 0 Å². The number of hydrogen-bond acceptors (Lipinski definition) is 5. The Labute approximate surface area is 202 Å². The summed E-state index contributed by atoms with van der Waals surface area (Å²) in [5, 5.41) is 2.65. The normalized spacial score (nSPS) is 11.7. The van der Waals surface area contributed by atoms with Crippen LogP contribution < -0.4 is 10.0 Å². The van der Waals surface area contributed by atoms with Crippen LogP contribution >= 0.6 is 11.6 Å². The lowest BCUT2D eigenvalue weighted by molar-refractivity contribution is -0.115. The molecule has 3 aromatic rings. The summed E-state index contributed by atoms with van der Waals surface area (Å²) in [6.45, 7) is 3.40. The first kappa shape index (κ1) is 25.3. The van der Waals surface area contributed by atoms with Crippen LogP contribution in [0.25, 0.3) is 0 Å². The van der Waals surface area contributed by atoms with E-state index in [0.29, 0.717) is 22.5 Å². The molecule has 7 nitrogen and oxygen atoms in total. The van der Waals surface area contributed by atoms with E-state index in [9.17, 15) is 22.4 Å². The summed E-state index contributed by atoms with van der Waals surface area (Å²) in [5.41, 5.74) is 1.27. The molecule has 0 unspecified atom stereocenters. The molecule has 0 radical (unpaired) electrons. The second kappa shape index (κ2) is 9.90. The van der Waals surface area contributed by atoms with Crippen molar-refractivity contribution in [3.63, 3.8) is 0 Å². The van der Waals surface area contributed by atoms with Crippen LogP contribution in [0.15, 0.2) is 60.8 Å². The second-order valence-electron chi connectivity index (χ2n) is 8.31. The molecule has 1 heterocycles. The monoisotopic (exact) mass is 503 g/mol. The van der Waals surface area contributed by atoms with Gasteiger partial charge in [-0.15, -0.1) is 0 Å². The fourth-order valence-electron chi connectivity index (χ4n) is 3.23. The summed E-state index contributed by atoms with van der Waals surface area (Å²) < 4.78 is 38.4. The number of hydrogen-bond donors (Lipinski definition) is 2. The SMILES string of the molecule is CC(C)(C(=O)c1ccc(NC(=O)Cc2ccc(NS(C)(=O)=O)cc2)cn1)c1ccc(F)c(Cl)c1. The third kappa shape index (κ3) is 6.39. The number of rotatable bonds is 8. The van der Waals surface area contributed by atoms with Crippen LogP contribution in [0, 0.1) is 5.82 Å². The van der Waals surface area contributed by atoms with E-state index in [1.54, 1.807) is 44.2 Å². The van der Waals surface area contributed by atoms with E-state index in [1.807, 2.05) is 0 Å². The Balaban J connectivity index is 1.64. The molecule has 0 spiro atoms. The molecule has 0 saturated heterocycles. The van der Waals surface area contributed by atoms with Crippen LogP contribution in [0.3, 0.4) is 0 Å². The van der Waals surface area contributed by atoms with Crippen LogP contribution in [0.4, 0.5) is 15.8 Å². The number of carbonyl (C=O) groups is 2. The van der Waals surface area contributed by atoms with Crippen molar-refractivity contribution in [2.24, 2.45) is 0 Å². The Morgan fingerprint density at radius 1 is 1.03 bits per heavy atom. The van der Waals surface area contributed by atoms with Crippen molar-refractivity contribution in [3.8, 4) is 0 Å². The first-order valence-electron chi connectivity index (χ1n) is 10.2. The number of sulfonamides is 1. The van der Waals surface area contributed by atoms with E-state index in [1.165, 1.54) is 30.5 Å². The van der Waals surface area contributed by atoms with E-state index in [-0.39, 0.29) is 28.8 Å². The largest absolute Gasteiger partial charge is 0.324 e. The van der Waals surface area contributed by atoms with Gasteiger partial charge in [0, 0.05) is 5.69 Å². The Kier molecular flexibility index (Phi) is 7.38. The van der Waals surface area contributed by atoms with Crippen LogP contribution in [0.5, 0.6) is 0 Å². The van der Waals surface area contributed by atoms with Crippen molar-refractivity contribution in [2.45, 2.75) is 25.7 Å². The van der Waals surface area contributed by atoms with Crippen molar-refractivity contribution < 1.29 is 22.4 Å². The standard InChI is InChI=1S/C24H23ClFN3O4S/c1-24(2,16-6-10-20(26)19(25)13-16)23(31)21-11-9-18(14-27-21)28-22(30)12-15-4-7-17(8-5-15)29-34(3,32)33/h4-11,13-14,29H,12H2,1-3H3,(H,28,30). The average Bonchev–Trinajstić information content (AvgIpc) is 2.76. The summed E-state index contributed by atoms with van der Waals surface area (Å²) in [4.78, 5) is 29.6. The number of Topliss-reactive ketones (excluding diaryl/α,β-unsaturated/α-hetero) is 1. The highest BCUT2D eigenvalue weighted by molar-refractivity contribution is 7.92. The van der Waals surface area contributed by atoms with E-state index < -0.39 is 21.3 Å². The van der Waals surface area contributed by atoms with Gasteiger partial charge in [0.05, 0.1) is 35.0 Å². The van der Waals surface area contributed by atoms with Crippen LogP contribution in [0.1, 0.15) is 35.5 Å². The lowest BCUT2D eigenvalue weighted by atomic mass is 9.79. The minimum atomic E-state index is -3.37. The molecule has 2 N–H and O–H groups in total. The highest BCUT2D eigenvalue weighted by atomic mass is 35.5. The van der Waals surface area contributed by atoms with Gasteiger partial charge in [-0.1, -0.05) is 29.8 Å². The Hall–Kier alpha value is -3.30. The lowest BCUT2D eigenvalue weighted by Crippen LogP contribution is -2.30. The van der Waals surface area contributed by atoms with Gasteiger partial charge in [0.1, 0.15) is 11.5 Å². The number of aromatic nitrogens is 1. The van der Waals surface area contributed by atoms with Gasteiger partial charge in [-0.25, -0.2) is 12.8 Å². The molecule has 10 heteroatoms. The first-order chi connectivity index (χ1) is 15.8. The number of pyridine rings is 1. The third-order valence-corrected chi connectivity index (χ3v) is 6.01. The topological polar surface area (TPSA) is 105 Å². The van der Waals surface area contributed by atoms with E-state index >= 15 is 0 Å². The Morgan fingerprint density at radius 2 is 1.68 bits per heavy atom. The van der Waals surface area contributed by atoms with E-state index in [0.717, 1.165) is 6.26 Å². The van der Waals surface area contributed by atoms with Crippen molar-refractivity contribution in [1.29, 1.82) is 0 Å². The van der Waals surface area contributed by atoms with Gasteiger partial charge in [0.2, 0.25) is 15.9 Å². The zero-order valence-corrected chi connectivity index (χ0v) is 20.3. The fourth-order valence-corrected chi connectivity index (χ4v) is 3.98. The summed E-state index contributed by atoms with van der Waals surface area (Å²) in [7, 11) is -3.37. The van der Waals surface area contributed by atoms with Gasteiger partial charge in [0.25, 0.3) is 0 Å². The Bertz CT molecular complexity index is 1330. The van der Waals surface area contributed by atoms with E-state index in [2.05, 4.69) is 15.0 Å². The summed E-state index contributed by atoms with van der Waals surface area (Å²) in [6, 6.07) is 13.7. The van der Waals surface area contributed by atoms with Gasteiger partial charge in [-0.2, -0.15) is 0 Å². The van der Waals surface area contributed by atoms with Gasteiger partial charge in [0.15, 0.2) is 5.78 Å². The number of amides is 1. The molecule has 3 rings (SSSR count). The quantitative estimate of drug-likeness (QED) is 0.437. The predicted molar refractivity (Wildman–Crippen MR) is 130 cm³/mol. The van der Waals surface area contributed by atoms with Crippen LogP contribution in [-0.2, 0) is 26.7 Å². The van der Waals surface area contributed by atoms with Gasteiger partial charge in [-0.3, -0.25) is 19.3 Å². The van der Waals surface area contributed by atoms with Crippen LogP contribution in [0.2, 0.25) is 5.02 Å². The number of halogens is 2.